The molecule has 0 aliphatic rings. The zero-order valence-corrected chi connectivity index (χ0v) is 16.8. The fourth-order valence-corrected chi connectivity index (χ4v) is 4.09. The lowest BCUT2D eigenvalue weighted by molar-refractivity contribution is -0.633. The topological polar surface area (TPSA) is 8.81 Å². The molecule has 0 fully saturated rings. The highest BCUT2D eigenvalue weighted by atomic mass is 19.4. The summed E-state index contributed by atoms with van der Waals surface area (Å²) in [5.74, 6) is 0.856. The van der Waals surface area contributed by atoms with E-state index in [1.807, 2.05) is 37.4 Å². The molecule has 0 aliphatic heterocycles. The van der Waals surface area contributed by atoms with E-state index in [-0.39, 0.29) is 0 Å². The highest BCUT2D eigenvalue weighted by molar-refractivity contribution is 5.80. The summed E-state index contributed by atoms with van der Waals surface area (Å²) >= 11 is 0. The number of hydrogen-bond acceptors (Lipinski definition) is 0. The maximum atomic E-state index is 13.2. The number of fused-ring (bicyclic) bond motifs is 1. The van der Waals surface area contributed by atoms with Crippen LogP contribution >= 0.6 is 0 Å². The third kappa shape index (κ3) is 3.11. The third-order valence-corrected chi connectivity index (χ3v) is 5.47. The number of imidazole rings is 1. The van der Waals surface area contributed by atoms with Gasteiger partial charge in [-0.25, -0.2) is 4.57 Å². The van der Waals surface area contributed by atoms with Crippen LogP contribution in [-0.4, -0.2) is 4.57 Å². The Morgan fingerprint density at radius 2 is 1.45 bits per heavy atom. The molecule has 5 heteroatoms. The van der Waals surface area contributed by atoms with Gasteiger partial charge in [-0.2, -0.15) is 17.7 Å². The average molecular weight is 395 g/mol. The summed E-state index contributed by atoms with van der Waals surface area (Å²) in [6.07, 6.45) is -4.36. The van der Waals surface area contributed by atoms with Crippen LogP contribution in [0.1, 0.15) is 22.3 Å². The molecule has 1 heterocycles. The van der Waals surface area contributed by atoms with Gasteiger partial charge in [0.05, 0.1) is 18.2 Å². The van der Waals surface area contributed by atoms with E-state index >= 15 is 0 Å². The van der Waals surface area contributed by atoms with Crippen molar-refractivity contribution in [1.82, 2.24) is 4.57 Å². The summed E-state index contributed by atoms with van der Waals surface area (Å²) in [5.41, 5.74) is 6.04. The lowest BCUT2D eigenvalue weighted by Gasteiger charge is -2.12. The Bertz CT molecular complexity index is 1210. The molecule has 0 aliphatic carbocycles. The monoisotopic (exact) mass is 395 g/mol. The molecule has 4 rings (SSSR count). The summed E-state index contributed by atoms with van der Waals surface area (Å²) < 4.78 is 43.8. The Morgan fingerprint density at radius 3 is 2.07 bits per heavy atom. The lowest BCUT2D eigenvalue weighted by Crippen LogP contribution is -2.30. The summed E-state index contributed by atoms with van der Waals surface area (Å²) in [6.45, 7) is 5.85. The zero-order valence-electron chi connectivity index (χ0n) is 16.8. The number of benzene rings is 3. The second-order valence-electron chi connectivity index (χ2n) is 7.47. The molecule has 148 valence electrons. The summed E-state index contributed by atoms with van der Waals surface area (Å²) in [5, 5.41) is 0. The third-order valence-electron chi connectivity index (χ3n) is 5.47. The van der Waals surface area contributed by atoms with Crippen LogP contribution in [0.4, 0.5) is 13.2 Å². The lowest BCUT2D eigenvalue weighted by atomic mass is 10.0. The van der Waals surface area contributed by atoms with Gasteiger partial charge in [0.1, 0.15) is 5.69 Å². The first-order chi connectivity index (χ1) is 13.7. The first-order valence-electron chi connectivity index (χ1n) is 9.44. The maximum Gasteiger partial charge on any atom is 0.416 e. The molecule has 1 aromatic heterocycles. The smallest absolute Gasteiger partial charge is 0.225 e. The molecule has 4 aromatic rings. The Labute approximate surface area is 167 Å². The van der Waals surface area contributed by atoms with Gasteiger partial charge in [-0.15, -0.1) is 0 Å². The van der Waals surface area contributed by atoms with Crippen molar-refractivity contribution in [3.05, 3.63) is 82.9 Å². The molecule has 0 atom stereocenters. The minimum absolute atomic E-state index is 0.589. The Kier molecular flexibility index (Phi) is 4.49. The van der Waals surface area contributed by atoms with E-state index in [2.05, 4.69) is 35.1 Å². The van der Waals surface area contributed by atoms with Crippen molar-refractivity contribution >= 4 is 11.0 Å². The normalized spacial score (nSPS) is 12.0. The van der Waals surface area contributed by atoms with Gasteiger partial charge in [0.2, 0.25) is 0 Å². The number of alkyl halides is 3. The van der Waals surface area contributed by atoms with Crippen LogP contribution in [0.5, 0.6) is 0 Å². The molecule has 0 saturated heterocycles. The van der Waals surface area contributed by atoms with Gasteiger partial charge in [0.25, 0.3) is 5.82 Å². The Morgan fingerprint density at radius 1 is 0.793 bits per heavy atom. The van der Waals surface area contributed by atoms with Crippen molar-refractivity contribution in [1.29, 1.82) is 0 Å². The summed E-state index contributed by atoms with van der Waals surface area (Å²) in [6, 6.07) is 18.1. The van der Waals surface area contributed by atoms with Crippen LogP contribution in [-0.2, 0) is 13.2 Å². The summed E-state index contributed by atoms with van der Waals surface area (Å²) in [4.78, 5) is 0. The van der Waals surface area contributed by atoms with Crippen LogP contribution in [0, 0.1) is 20.8 Å². The highest BCUT2D eigenvalue weighted by Gasteiger charge is 2.33. The van der Waals surface area contributed by atoms with E-state index in [1.54, 1.807) is 13.0 Å². The van der Waals surface area contributed by atoms with E-state index in [0.29, 0.717) is 5.56 Å². The number of hydrogen-bond donors (Lipinski definition) is 0. The number of aryl methyl sites for hydroxylation is 4. The zero-order chi connectivity index (χ0) is 20.9. The average Bonchev–Trinajstić information content (AvgIpc) is 2.94. The summed E-state index contributed by atoms with van der Waals surface area (Å²) in [7, 11) is 1.96. The van der Waals surface area contributed by atoms with Crippen molar-refractivity contribution in [3.8, 4) is 17.1 Å². The molecule has 2 nitrogen and oxygen atoms in total. The van der Waals surface area contributed by atoms with Crippen LogP contribution < -0.4 is 4.57 Å². The standard InChI is InChI=1S/C24H22F3N2/c1-15-8-7-9-16(2)22(15)29-21-11-6-5-10-20(21)28(4)23(29)19-13-12-18(14-17(19)3)24(25,26)27/h5-14H,1-4H3/q+1. The van der Waals surface area contributed by atoms with Gasteiger partial charge in [0, 0.05) is 0 Å². The largest absolute Gasteiger partial charge is 0.416 e. The van der Waals surface area contributed by atoms with E-state index < -0.39 is 11.7 Å². The van der Waals surface area contributed by atoms with Gasteiger partial charge in [-0.1, -0.05) is 30.3 Å². The first kappa shape index (κ1) is 19.2. The van der Waals surface area contributed by atoms with Crippen molar-refractivity contribution < 1.29 is 17.7 Å². The van der Waals surface area contributed by atoms with E-state index in [9.17, 15) is 13.2 Å². The van der Waals surface area contributed by atoms with Gasteiger partial charge >= 0.3 is 6.18 Å². The van der Waals surface area contributed by atoms with Gasteiger partial charge in [-0.05, 0) is 67.8 Å². The highest BCUT2D eigenvalue weighted by Crippen LogP contribution is 2.35. The number of rotatable bonds is 2. The van der Waals surface area contributed by atoms with Gasteiger partial charge < -0.3 is 0 Å². The predicted octanol–water partition coefficient (Wildman–Crippen LogP) is 6.07. The number of halogens is 3. The van der Waals surface area contributed by atoms with Crippen molar-refractivity contribution in [3.63, 3.8) is 0 Å². The van der Waals surface area contributed by atoms with Gasteiger partial charge in [-0.3, -0.25) is 0 Å². The number of aromatic nitrogens is 2. The van der Waals surface area contributed by atoms with Crippen molar-refractivity contribution in [2.45, 2.75) is 26.9 Å². The molecular weight excluding hydrogens is 373 g/mol. The molecule has 0 radical (unpaired) electrons. The van der Waals surface area contributed by atoms with Crippen molar-refractivity contribution in [2.75, 3.05) is 0 Å². The predicted molar refractivity (Wildman–Crippen MR) is 109 cm³/mol. The second-order valence-corrected chi connectivity index (χ2v) is 7.47. The number of para-hydroxylation sites is 3. The van der Waals surface area contributed by atoms with Crippen LogP contribution in [0.25, 0.3) is 28.1 Å². The molecule has 0 bridgehead atoms. The second kappa shape index (κ2) is 6.76. The molecule has 29 heavy (non-hydrogen) atoms. The number of nitrogens with zero attached hydrogens (tertiary/aromatic N) is 2. The molecule has 0 N–H and O–H groups in total. The molecule has 0 spiro atoms. The minimum atomic E-state index is -4.36. The molecular formula is C24H22F3N2+. The van der Waals surface area contributed by atoms with Crippen LogP contribution in [0.3, 0.4) is 0 Å². The molecule has 0 unspecified atom stereocenters. The van der Waals surface area contributed by atoms with Gasteiger partial charge in [0.15, 0.2) is 11.0 Å². The maximum absolute atomic E-state index is 13.2. The van der Waals surface area contributed by atoms with E-state index in [4.69, 9.17) is 0 Å². The molecule has 3 aromatic carbocycles. The molecule has 0 amide bonds. The SMILES string of the molecule is Cc1cc(C(F)(F)F)ccc1-c1n(-c2c(C)cccc2C)c2ccccc2[n+]1C. The first-order valence-corrected chi connectivity index (χ1v) is 9.44. The Hall–Kier alpha value is -3.08. The van der Waals surface area contributed by atoms with Crippen LogP contribution in [0.2, 0.25) is 0 Å². The van der Waals surface area contributed by atoms with E-state index in [1.165, 1.54) is 6.07 Å². The minimum Gasteiger partial charge on any atom is -0.225 e. The van der Waals surface area contributed by atoms with Crippen LogP contribution in [0.15, 0.2) is 60.7 Å². The molecule has 0 saturated carbocycles. The Balaban J connectivity index is 2.10. The fraction of sp³-hybridized carbons (Fsp3) is 0.208. The van der Waals surface area contributed by atoms with Crippen molar-refractivity contribution in [2.24, 2.45) is 7.05 Å². The quantitative estimate of drug-likeness (QED) is 0.365. The fourth-order valence-electron chi connectivity index (χ4n) is 4.09. The van der Waals surface area contributed by atoms with E-state index in [0.717, 1.165) is 45.3 Å².